The molecule has 2 aromatic rings. The Hall–Kier alpha value is -0.940. The summed E-state index contributed by atoms with van der Waals surface area (Å²) in [6, 6.07) is 8.82. The molecule has 0 fully saturated rings. The van der Waals surface area contributed by atoms with Crippen LogP contribution in [0, 0.1) is 17.4 Å². The number of pyridine rings is 1. The molecule has 0 spiro atoms. The lowest BCUT2D eigenvalue weighted by atomic mass is 9.98. The van der Waals surface area contributed by atoms with E-state index in [1.54, 1.807) is 0 Å². The number of rotatable bonds is 3. The summed E-state index contributed by atoms with van der Waals surface area (Å²) in [5, 5.41) is 3.39. The standard InChI is InChI=1S/C15H17IN2/c1-10-7-12(9-18-8-10)15(17-3)13-6-4-5-11(2)14(13)16/h4-9,15,17H,1-3H3. The van der Waals surface area contributed by atoms with E-state index in [9.17, 15) is 0 Å². The van der Waals surface area contributed by atoms with Gasteiger partial charge in [-0.1, -0.05) is 24.3 Å². The molecule has 1 atom stereocenters. The zero-order valence-electron chi connectivity index (χ0n) is 10.9. The predicted octanol–water partition coefficient (Wildman–Crippen LogP) is 3.61. The number of hydrogen-bond acceptors (Lipinski definition) is 2. The van der Waals surface area contributed by atoms with Crippen LogP contribution in [-0.4, -0.2) is 12.0 Å². The normalized spacial score (nSPS) is 12.4. The van der Waals surface area contributed by atoms with Crippen LogP contribution in [-0.2, 0) is 0 Å². The van der Waals surface area contributed by atoms with Gasteiger partial charge in [0.1, 0.15) is 0 Å². The first-order valence-corrected chi connectivity index (χ1v) is 7.05. The van der Waals surface area contributed by atoms with Gasteiger partial charge < -0.3 is 5.32 Å². The molecule has 3 heteroatoms. The van der Waals surface area contributed by atoms with Gasteiger partial charge in [-0.2, -0.15) is 0 Å². The van der Waals surface area contributed by atoms with Crippen LogP contribution in [0.5, 0.6) is 0 Å². The van der Waals surface area contributed by atoms with Gasteiger partial charge in [0.25, 0.3) is 0 Å². The molecule has 1 aromatic carbocycles. The van der Waals surface area contributed by atoms with Crippen LogP contribution in [0.25, 0.3) is 0 Å². The van der Waals surface area contributed by atoms with Crippen molar-refractivity contribution in [2.45, 2.75) is 19.9 Å². The number of halogens is 1. The molecule has 0 aliphatic heterocycles. The quantitative estimate of drug-likeness (QED) is 0.854. The summed E-state index contributed by atoms with van der Waals surface area (Å²) >= 11 is 2.42. The fraction of sp³-hybridized carbons (Fsp3) is 0.267. The molecular weight excluding hydrogens is 335 g/mol. The molecule has 94 valence electrons. The van der Waals surface area contributed by atoms with Crippen LogP contribution in [0.2, 0.25) is 0 Å². The number of nitrogens with one attached hydrogen (secondary N) is 1. The number of aryl methyl sites for hydroxylation is 2. The molecule has 18 heavy (non-hydrogen) atoms. The van der Waals surface area contributed by atoms with Crippen LogP contribution in [0.4, 0.5) is 0 Å². The zero-order valence-corrected chi connectivity index (χ0v) is 13.0. The van der Waals surface area contributed by atoms with E-state index in [0.717, 1.165) is 0 Å². The highest BCUT2D eigenvalue weighted by Gasteiger charge is 2.16. The van der Waals surface area contributed by atoms with Gasteiger partial charge in [-0.15, -0.1) is 0 Å². The molecule has 0 aliphatic carbocycles. The fourth-order valence-electron chi connectivity index (χ4n) is 2.13. The van der Waals surface area contributed by atoms with E-state index in [0.29, 0.717) is 0 Å². The summed E-state index contributed by atoms with van der Waals surface area (Å²) in [5.41, 5.74) is 5.02. The van der Waals surface area contributed by atoms with Crippen molar-refractivity contribution in [2.24, 2.45) is 0 Å². The molecule has 0 radical (unpaired) electrons. The van der Waals surface area contributed by atoms with E-state index in [2.05, 4.69) is 71.0 Å². The Kier molecular flexibility index (Phi) is 4.35. The minimum absolute atomic E-state index is 0.198. The average molecular weight is 352 g/mol. The van der Waals surface area contributed by atoms with Crippen LogP contribution in [0.3, 0.4) is 0 Å². The van der Waals surface area contributed by atoms with Crippen molar-refractivity contribution >= 4 is 22.6 Å². The molecule has 1 N–H and O–H groups in total. The minimum atomic E-state index is 0.198. The van der Waals surface area contributed by atoms with E-state index < -0.39 is 0 Å². The van der Waals surface area contributed by atoms with Crippen LogP contribution >= 0.6 is 22.6 Å². The van der Waals surface area contributed by atoms with Gasteiger partial charge in [-0.3, -0.25) is 4.98 Å². The lowest BCUT2D eigenvalue weighted by molar-refractivity contribution is 0.684. The molecule has 0 aliphatic rings. The third kappa shape index (κ3) is 2.72. The largest absolute Gasteiger partial charge is 0.309 e. The first kappa shape index (κ1) is 13.5. The maximum atomic E-state index is 4.29. The fourth-order valence-corrected chi connectivity index (χ4v) is 2.80. The minimum Gasteiger partial charge on any atom is -0.309 e. The highest BCUT2D eigenvalue weighted by Crippen LogP contribution is 2.27. The number of aromatic nitrogens is 1. The summed E-state index contributed by atoms with van der Waals surface area (Å²) in [6.07, 6.45) is 3.82. The van der Waals surface area contributed by atoms with Gasteiger partial charge in [0.15, 0.2) is 0 Å². The zero-order chi connectivity index (χ0) is 13.1. The summed E-state index contributed by atoms with van der Waals surface area (Å²) in [6.45, 7) is 4.22. The molecule has 0 saturated heterocycles. The van der Waals surface area contributed by atoms with Gasteiger partial charge in [-0.25, -0.2) is 0 Å². The SMILES string of the molecule is CNC(c1cncc(C)c1)c1cccc(C)c1I. The van der Waals surface area contributed by atoms with Crippen molar-refractivity contribution in [3.63, 3.8) is 0 Å². The molecule has 2 rings (SSSR count). The van der Waals surface area contributed by atoms with E-state index in [4.69, 9.17) is 0 Å². The Morgan fingerprint density at radius 1 is 1.22 bits per heavy atom. The molecule has 0 bridgehead atoms. The maximum Gasteiger partial charge on any atom is 0.0600 e. The highest BCUT2D eigenvalue weighted by atomic mass is 127. The Morgan fingerprint density at radius 3 is 2.67 bits per heavy atom. The summed E-state index contributed by atoms with van der Waals surface area (Å²) < 4.78 is 1.32. The van der Waals surface area contributed by atoms with Crippen LogP contribution in [0.1, 0.15) is 28.3 Å². The third-order valence-electron chi connectivity index (χ3n) is 3.05. The summed E-state index contributed by atoms with van der Waals surface area (Å²) in [4.78, 5) is 4.29. The van der Waals surface area contributed by atoms with Crippen molar-refractivity contribution in [1.82, 2.24) is 10.3 Å². The van der Waals surface area contributed by atoms with Crippen LogP contribution in [0.15, 0.2) is 36.7 Å². The van der Waals surface area contributed by atoms with Gasteiger partial charge in [0.2, 0.25) is 0 Å². The Bertz CT molecular complexity index is 552. The second kappa shape index (κ2) is 5.80. The Balaban J connectivity index is 2.49. The molecule has 0 amide bonds. The van der Waals surface area contributed by atoms with Crippen LogP contribution < -0.4 is 5.32 Å². The number of nitrogens with zero attached hydrogens (tertiary/aromatic N) is 1. The Morgan fingerprint density at radius 2 is 2.00 bits per heavy atom. The number of benzene rings is 1. The van der Waals surface area contributed by atoms with Gasteiger partial charge in [0.05, 0.1) is 6.04 Å². The summed E-state index contributed by atoms with van der Waals surface area (Å²) in [5.74, 6) is 0. The Labute approximate surface area is 122 Å². The van der Waals surface area contributed by atoms with E-state index in [1.165, 1.54) is 25.8 Å². The lowest BCUT2D eigenvalue weighted by Crippen LogP contribution is -2.19. The number of hydrogen-bond donors (Lipinski definition) is 1. The molecule has 0 saturated carbocycles. The van der Waals surface area contributed by atoms with Crippen molar-refractivity contribution in [1.29, 1.82) is 0 Å². The molecule has 1 unspecified atom stereocenters. The van der Waals surface area contributed by atoms with Crippen molar-refractivity contribution < 1.29 is 0 Å². The second-order valence-corrected chi connectivity index (χ2v) is 5.57. The van der Waals surface area contributed by atoms with Crippen molar-refractivity contribution in [3.05, 3.63) is 62.5 Å². The molecular formula is C15H17IN2. The predicted molar refractivity (Wildman–Crippen MR) is 83.8 cm³/mol. The molecule has 2 nitrogen and oxygen atoms in total. The van der Waals surface area contributed by atoms with Gasteiger partial charge in [0, 0.05) is 16.0 Å². The van der Waals surface area contributed by atoms with E-state index in [-0.39, 0.29) is 6.04 Å². The average Bonchev–Trinajstić information content (AvgIpc) is 2.35. The first-order chi connectivity index (χ1) is 8.63. The monoisotopic (exact) mass is 352 g/mol. The lowest BCUT2D eigenvalue weighted by Gasteiger charge is -2.19. The first-order valence-electron chi connectivity index (χ1n) is 5.97. The highest BCUT2D eigenvalue weighted by molar-refractivity contribution is 14.1. The smallest absolute Gasteiger partial charge is 0.0600 e. The molecule has 1 aromatic heterocycles. The van der Waals surface area contributed by atoms with Gasteiger partial charge >= 0.3 is 0 Å². The third-order valence-corrected chi connectivity index (χ3v) is 4.52. The molecule has 1 heterocycles. The maximum absolute atomic E-state index is 4.29. The van der Waals surface area contributed by atoms with Gasteiger partial charge in [-0.05, 0) is 65.7 Å². The second-order valence-electron chi connectivity index (χ2n) is 4.50. The van der Waals surface area contributed by atoms with E-state index >= 15 is 0 Å². The topological polar surface area (TPSA) is 24.9 Å². The van der Waals surface area contributed by atoms with Crippen molar-refractivity contribution in [3.8, 4) is 0 Å². The van der Waals surface area contributed by atoms with E-state index in [1.807, 2.05) is 19.4 Å². The summed E-state index contributed by atoms with van der Waals surface area (Å²) in [7, 11) is 1.99. The van der Waals surface area contributed by atoms with Crippen molar-refractivity contribution in [2.75, 3.05) is 7.05 Å².